The lowest BCUT2D eigenvalue weighted by molar-refractivity contribution is 1.16. The molecular formula is C10H8BrClN2S. The molecule has 2 aromatic rings. The van der Waals surface area contributed by atoms with Crippen LogP contribution in [0.15, 0.2) is 34.4 Å². The van der Waals surface area contributed by atoms with Gasteiger partial charge in [-0.05, 0) is 34.1 Å². The minimum atomic E-state index is 0.766. The smallest absolute Gasteiger partial charge is 0.129 e. The van der Waals surface area contributed by atoms with E-state index in [-0.39, 0.29) is 0 Å². The molecule has 0 saturated heterocycles. The van der Waals surface area contributed by atoms with E-state index in [1.54, 1.807) is 17.5 Å². The average molecular weight is 304 g/mol. The third kappa shape index (κ3) is 2.93. The highest BCUT2D eigenvalue weighted by Gasteiger charge is 2.01. The fourth-order valence-corrected chi connectivity index (χ4v) is 2.55. The van der Waals surface area contributed by atoms with Crippen molar-refractivity contribution in [3.8, 4) is 0 Å². The van der Waals surface area contributed by atoms with Gasteiger partial charge in [-0.2, -0.15) is 0 Å². The molecule has 2 nitrogen and oxygen atoms in total. The lowest BCUT2D eigenvalue weighted by atomic mass is 10.4. The molecule has 0 radical (unpaired) electrons. The van der Waals surface area contributed by atoms with Gasteiger partial charge in [-0.1, -0.05) is 11.6 Å². The standard InChI is InChI=1S/C10H8BrClN2S/c11-10-9(2-1-3-13-10)14-5-8-4-7(12)6-15-8/h1-4,6,14H,5H2. The second-order valence-electron chi connectivity index (χ2n) is 2.93. The first-order valence-electron chi connectivity index (χ1n) is 4.33. The number of nitrogens with zero attached hydrogens (tertiary/aromatic N) is 1. The van der Waals surface area contributed by atoms with Crippen LogP contribution < -0.4 is 5.32 Å². The summed E-state index contributed by atoms with van der Waals surface area (Å²) in [5.74, 6) is 0. The van der Waals surface area contributed by atoms with E-state index in [1.165, 1.54) is 4.88 Å². The first-order valence-corrected chi connectivity index (χ1v) is 6.38. The quantitative estimate of drug-likeness (QED) is 0.861. The monoisotopic (exact) mass is 302 g/mol. The lowest BCUT2D eigenvalue weighted by Gasteiger charge is -2.05. The van der Waals surface area contributed by atoms with Crippen LogP contribution in [-0.4, -0.2) is 4.98 Å². The van der Waals surface area contributed by atoms with Crippen molar-refractivity contribution in [1.82, 2.24) is 4.98 Å². The Kier molecular flexibility index (Phi) is 3.61. The molecule has 78 valence electrons. The predicted molar refractivity (Wildman–Crippen MR) is 68.6 cm³/mol. The van der Waals surface area contributed by atoms with Crippen molar-refractivity contribution in [3.63, 3.8) is 0 Å². The van der Waals surface area contributed by atoms with Gasteiger partial charge in [-0.15, -0.1) is 11.3 Å². The van der Waals surface area contributed by atoms with Gasteiger partial charge >= 0.3 is 0 Å². The Morgan fingerprint density at radius 3 is 3.07 bits per heavy atom. The van der Waals surface area contributed by atoms with Gasteiger partial charge in [0.25, 0.3) is 0 Å². The first kappa shape index (κ1) is 10.9. The number of rotatable bonds is 3. The molecule has 0 aliphatic carbocycles. The van der Waals surface area contributed by atoms with Gasteiger partial charge in [0.15, 0.2) is 0 Å². The fraction of sp³-hybridized carbons (Fsp3) is 0.100. The molecule has 0 aliphatic heterocycles. The van der Waals surface area contributed by atoms with E-state index in [0.29, 0.717) is 0 Å². The van der Waals surface area contributed by atoms with Gasteiger partial charge in [-0.25, -0.2) is 4.98 Å². The van der Waals surface area contributed by atoms with Gasteiger partial charge < -0.3 is 5.32 Å². The van der Waals surface area contributed by atoms with E-state index < -0.39 is 0 Å². The molecule has 0 bridgehead atoms. The maximum absolute atomic E-state index is 5.83. The Balaban J connectivity index is 2.02. The van der Waals surface area contributed by atoms with Crippen LogP contribution in [0.1, 0.15) is 4.88 Å². The maximum atomic E-state index is 5.83. The molecule has 5 heteroatoms. The zero-order chi connectivity index (χ0) is 10.7. The molecule has 0 saturated carbocycles. The summed E-state index contributed by atoms with van der Waals surface area (Å²) in [6.07, 6.45) is 1.75. The molecule has 0 aliphatic rings. The van der Waals surface area contributed by atoms with Crippen LogP contribution in [0.5, 0.6) is 0 Å². The van der Waals surface area contributed by atoms with E-state index >= 15 is 0 Å². The summed E-state index contributed by atoms with van der Waals surface area (Å²) >= 11 is 10.9. The molecule has 0 fully saturated rings. The molecule has 0 aromatic carbocycles. The first-order chi connectivity index (χ1) is 7.25. The summed E-state index contributed by atoms with van der Waals surface area (Å²) in [4.78, 5) is 5.33. The zero-order valence-electron chi connectivity index (χ0n) is 7.71. The summed E-state index contributed by atoms with van der Waals surface area (Å²) < 4.78 is 0.827. The third-order valence-electron chi connectivity index (χ3n) is 1.83. The second kappa shape index (κ2) is 4.96. The molecular weight excluding hydrogens is 296 g/mol. The van der Waals surface area contributed by atoms with Crippen molar-refractivity contribution >= 4 is 44.6 Å². The van der Waals surface area contributed by atoms with E-state index in [4.69, 9.17) is 11.6 Å². The van der Waals surface area contributed by atoms with Crippen LogP contribution in [0.2, 0.25) is 5.02 Å². The number of thiophene rings is 1. The van der Waals surface area contributed by atoms with Gasteiger partial charge in [0.05, 0.1) is 10.7 Å². The number of nitrogens with one attached hydrogen (secondary N) is 1. The summed E-state index contributed by atoms with van der Waals surface area (Å²) in [6.45, 7) is 0.766. The Bertz CT molecular complexity index is 458. The van der Waals surface area contributed by atoms with Crippen LogP contribution in [0.3, 0.4) is 0 Å². The van der Waals surface area contributed by atoms with Crippen molar-refractivity contribution in [2.24, 2.45) is 0 Å². The predicted octanol–water partition coefficient (Wildman–Crippen LogP) is 4.17. The highest BCUT2D eigenvalue weighted by atomic mass is 79.9. The van der Waals surface area contributed by atoms with Crippen LogP contribution in [0, 0.1) is 0 Å². The molecule has 2 aromatic heterocycles. The number of hydrogen-bond acceptors (Lipinski definition) is 3. The topological polar surface area (TPSA) is 24.9 Å². The Hall–Kier alpha value is -0.580. The van der Waals surface area contributed by atoms with Crippen LogP contribution >= 0.6 is 38.9 Å². The molecule has 1 N–H and O–H groups in total. The Morgan fingerprint density at radius 2 is 2.40 bits per heavy atom. The fourth-order valence-electron chi connectivity index (χ4n) is 1.15. The minimum Gasteiger partial charge on any atom is -0.378 e. The van der Waals surface area contributed by atoms with Crippen LogP contribution in [-0.2, 0) is 6.54 Å². The lowest BCUT2D eigenvalue weighted by Crippen LogP contribution is -1.98. The number of aromatic nitrogens is 1. The molecule has 0 atom stereocenters. The van der Waals surface area contributed by atoms with E-state index in [9.17, 15) is 0 Å². The van der Waals surface area contributed by atoms with Gasteiger partial charge in [0.2, 0.25) is 0 Å². The van der Waals surface area contributed by atoms with Crippen molar-refractivity contribution in [3.05, 3.63) is 44.3 Å². The van der Waals surface area contributed by atoms with E-state index in [2.05, 4.69) is 26.2 Å². The number of pyridine rings is 1. The summed E-state index contributed by atoms with van der Waals surface area (Å²) in [7, 11) is 0. The van der Waals surface area contributed by atoms with Gasteiger partial charge in [0, 0.05) is 23.0 Å². The molecule has 2 heterocycles. The number of hydrogen-bond donors (Lipinski definition) is 1. The maximum Gasteiger partial charge on any atom is 0.129 e. The van der Waals surface area contributed by atoms with Gasteiger partial charge in [-0.3, -0.25) is 0 Å². The van der Waals surface area contributed by atoms with Crippen LogP contribution in [0.4, 0.5) is 5.69 Å². The van der Waals surface area contributed by atoms with Crippen molar-refractivity contribution in [2.75, 3.05) is 5.32 Å². The molecule has 0 spiro atoms. The minimum absolute atomic E-state index is 0.766. The average Bonchev–Trinajstić information content (AvgIpc) is 2.63. The molecule has 0 unspecified atom stereocenters. The molecule has 2 rings (SSSR count). The van der Waals surface area contributed by atoms with Gasteiger partial charge in [0.1, 0.15) is 4.60 Å². The Labute approximate surface area is 105 Å². The zero-order valence-corrected chi connectivity index (χ0v) is 10.9. The SMILES string of the molecule is Clc1csc(CNc2cccnc2Br)c1. The normalized spacial score (nSPS) is 10.3. The summed E-state index contributed by atoms with van der Waals surface area (Å²) in [5, 5.41) is 6.01. The van der Waals surface area contributed by atoms with Crippen molar-refractivity contribution in [2.45, 2.75) is 6.54 Å². The summed E-state index contributed by atoms with van der Waals surface area (Å²) in [5.41, 5.74) is 0.988. The molecule has 15 heavy (non-hydrogen) atoms. The highest BCUT2D eigenvalue weighted by molar-refractivity contribution is 9.10. The van der Waals surface area contributed by atoms with Crippen molar-refractivity contribution in [1.29, 1.82) is 0 Å². The Morgan fingerprint density at radius 1 is 1.53 bits per heavy atom. The largest absolute Gasteiger partial charge is 0.378 e. The summed E-state index contributed by atoms with van der Waals surface area (Å²) in [6, 6.07) is 5.84. The van der Waals surface area contributed by atoms with Crippen LogP contribution in [0.25, 0.3) is 0 Å². The van der Waals surface area contributed by atoms with E-state index in [1.807, 2.05) is 23.6 Å². The van der Waals surface area contributed by atoms with Crippen molar-refractivity contribution < 1.29 is 0 Å². The number of halogens is 2. The highest BCUT2D eigenvalue weighted by Crippen LogP contribution is 2.22. The van der Waals surface area contributed by atoms with E-state index in [0.717, 1.165) is 21.9 Å². The second-order valence-corrected chi connectivity index (χ2v) is 5.11. The number of anilines is 1. The molecule has 0 amide bonds. The third-order valence-corrected chi connectivity index (χ3v) is 3.75.